The molecule has 6 heteroatoms. The Balaban J connectivity index is 1.60. The molecule has 0 aliphatic heterocycles. The summed E-state index contributed by atoms with van der Waals surface area (Å²) in [6.45, 7) is 0. The first-order chi connectivity index (χ1) is 10.0. The average Bonchev–Trinajstić information content (AvgIpc) is 3.12. The van der Waals surface area contributed by atoms with E-state index in [1.165, 1.54) is 30.1 Å². The van der Waals surface area contributed by atoms with Crippen molar-refractivity contribution in [2.75, 3.05) is 0 Å². The van der Waals surface area contributed by atoms with Crippen molar-refractivity contribution in [1.82, 2.24) is 15.1 Å². The van der Waals surface area contributed by atoms with Gasteiger partial charge in [-0.2, -0.15) is 5.10 Å². The fraction of sp³-hybridized carbons (Fsp3) is 0.667. The second kappa shape index (κ2) is 5.50. The van der Waals surface area contributed by atoms with Gasteiger partial charge in [-0.15, -0.1) is 0 Å². The number of carbonyl (C=O) groups is 2. The van der Waals surface area contributed by atoms with Crippen LogP contribution in [0, 0.1) is 17.8 Å². The van der Waals surface area contributed by atoms with Crippen LogP contribution in [0.4, 0.5) is 0 Å². The molecule has 0 aromatic carbocycles. The number of fused-ring (bicyclic) bond motifs is 2. The van der Waals surface area contributed by atoms with Crippen LogP contribution in [0.25, 0.3) is 0 Å². The van der Waals surface area contributed by atoms with Crippen molar-refractivity contribution >= 4 is 11.9 Å². The van der Waals surface area contributed by atoms with Crippen LogP contribution in [0.5, 0.6) is 0 Å². The van der Waals surface area contributed by atoms with Crippen LogP contribution < -0.4 is 5.32 Å². The van der Waals surface area contributed by atoms with Gasteiger partial charge in [0, 0.05) is 25.2 Å². The maximum absolute atomic E-state index is 12.2. The summed E-state index contributed by atoms with van der Waals surface area (Å²) >= 11 is 0. The van der Waals surface area contributed by atoms with E-state index in [4.69, 9.17) is 0 Å². The third kappa shape index (κ3) is 2.94. The molecule has 3 rings (SSSR count). The summed E-state index contributed by atoms with van der Waals surface area (Å²) in [7, 11) is 1.72. The zero-order chi connectivity index (χ0) is 15.0. The lowest BCUT2D eigenvalue weighted by Crippen LogP contribution is -2.35. The maximum atomic E-state index is 12.2. The lowest BCUT2D eigenvalue weighted by atomic mass is 9.86. The predicted octanol–water partition coefficient (Wildman–Crippen LogP) is 1.49. The molecular weight excluding hydrogens is 270 g/mol. The zero-order valence-corrected chi connectivity index (χ0v) is 12.2. The maximum Gasteiger partial charge on any atom is 0.331 e. The number of nitrogens with zero attached hydrogens (tertiary/aromatic N) is 2. The second-order valence-electron chi connectivity index (χ2n) is 6.43. The molecule has 1 aromatic heterocycles. The topological polar surface area (TPSA) is 84.2 Å². The lowest BCUT2D eigenvalue weighted by Gasteiger charge is -2.22. The Morgan fingerprint density at radius 1 is 1.48 bits per heavy atom. The van der Waals surface area contributed by atoms with Gasteiger partial charge in [-0.3, -0.25) is 9.48 Å². The summed E-state index contributed by atoms with van der Waals surface area (Å²) in [5, 5.41) is 15.9. The van der Waals surface area contributed by atoms with E-state index in [-0.39, 0.29) is 5.91 Å². The minimum Gasteiger partial charge on any atom is -0.479 e. The Morgan fingerprint density at radius 3 is 2.81 bits per heavy atom. The molecule has 21 heavy (non-hydrogen) atoms. The number of carboxylic acids is 1. The van der Waals surface area contributed by atoms with E-state index in [2.05, 4.69) is 10.4 Å². The van der Waals surface area contributed by atoms with Gasteiger partial charge in [0.1, 0.15) is 0 Å². The minimum absolute atomic E-state index is 0.163. The van der Waals surface area contributed by atoms with Crippen LogP contribution in [0.3, 0.4) is 0 Å². The molecule has 2 bridgehead atoms. The van der Waals surface area contributed by atoms with Crippen LogP contribution in [0.1, 0.15) is 43.7 Å². The number of aromatic nitrogens is 2. The fourth-order valence-electron chi connectivity index (χ4n) is 3.96. The number of amides is 1. The molecule has 1 amide bonds. The molecule has 4 atom stereocenters. The van der Waals surface area contributed by atoms with E-state index in [0.717, 1.165) is 12.3 Å². The SMILES string of the molecule is Cn1cc(C(NC(=O)CC2CC3CCC2C3)C(=O)O)cn1. The van der Waals surface area contributed by atoms with Crippen molar-refractivity contribution in [1.29, 1.82) is 0 Å². The lowest BCUT2D eigenvalue weighted by molar-refractivity contribution is -0.142. The molecule has 114 valence electrons. The highest BCUT2D eigenvalue weighted by Gasteiger charge is 2.40. The Labute approximate surface area is 123 Å². The van der Waals surface area contributed by atoms with Crippen LogP contribution in [-0.4, -0.2) is 26.8 Å². The molecule has 2 saturated carbocycles. The third-order valence-electron chi connectivity index (χ3n) is 4.94. The number of hydrogen-bond donors (Lipinski definition) is 2. The van der Waals surface area contributed by atoms with Crippen molar-refractivity contribution in [3.05, 3.63) is 18.0 Å². The first kappa shape index (κ1) is 14.1. The third-order valence-corrected chi connectivity index (χ3v) is 4.94. The fourth-order valence-corrected chi connectivity index (χ4v) is 3.96. The van der Waals surface area contributed by atoms with E-state index in [1.807, 2.05) is 0 Å². The summed E-state index contributed by atoms with van der Waals surface area (Å²) in [6, 6.07) is -1.01. The van der Waals surface area contributed by atoms with Gasteiger partial charge in [-0.25, -0.2) is 4.79 Å². The van der Waals surface area contributed by atoms with Gasteiger partial charge in [-0.05, 0) is 37.0 Å². The van der Waals surface area contributed by atoms with Crippen LogP contribution in [0.15, 0.2) is 12.4 Å². The smallest absolute Gasteiger partial charge is 0.331 e. The van der Waals surface area contributed by atoms with Gasteiger partial charge in [0.15, 0.2) is 6.04 Å². The van der Waals surface area contributed by atoms with Crippen LogP contribution in [0.2, 0.25) is 0 Å². The number of aryl methyl sites for hydroxylation is 1. The van der Waals surface area contributed by atoms with Crippen molar-refractivity contribution in [3.63, 3.8) is 0 Å². The average molecular weight is 291 g/mol. The van der Waals surface area contributed by atoms with Gasteiger partial charge in [-0.1, -0.05) is 6.42 Å². The first-order valence-corrected chi connectivity index (χ1v) is 7.53. The summed E-state index contributed by atoms with van der Waals surface area (Å²) < 4.78 is 1.54. The van der Waals surface area contributed by atoms with Crippen LogP contribution >= 0.6 is 0 Å². The quantitative estimate of drug-likeness (QED) is 0.860. The van der Waals surface area contributed by atoms with Gasteiger partial charge in [0.2, 0.25) is 5.91 Å². The van der Waals surface area contributed by atoms with Crippen molar-refractivity contribution in [3.8, 4) is 0 Å². The molecule has 2 fully saturated rings. The predicted molar refractivity (Wildman–Crippen MR) is 75.3 cm³/mol. The summed E-state index contributed by atoms with van der Waals surface area (Å²) in [5.41, 5.74) is 0.506. The highest BCUT2D eigenvalue weighted by molar-refractivity contribution is 5.84. The van der Waals surface area contributed by atoms with Gasteiger partial charge < -0.3 is 10.4 Å². The number of hydrogen-bond acceptors (Lipinski definition) is 3. The Kier molecular flexibility index (Phi) is 3.69. The van der Waals surface area contributed by atoms with Gasteiger partial charge in [0.25, 0.3) is 0 Å². The second-order valence-corrected chi connectivity index (χ2v) is 6.43. The summed E-state index contributed by atoms with van der Waals surface area (Å²) in [5.74, 6) is 0.684. The van der Waals surface area contributed by atoms with E-state index in [0.29, 0.717) is 23.8 Å². The largest absolute Gasteiger partial charge is 0.479 e. The highest BCUT2D eigenvalue weighted by atomic mass is 16.4. The van der Waals surface area contributed by atoms with E-state index in [1.54, 1.807) is 13.2 Å². The van der Waals surface area contributed by atoms with E-state index >= 15 is 0 Å². The number of rotatable bonds is 5. The Morgan fingerprint density at radius 2 is 2.29 bits per heavy atom. The van der Waals surface area contributed by atoms with Gasteiger partial charge >= 0.3 is 5.97 Å². The van der Waals surface area contributed by atoms with E-state index < -0.39 is 12.0 Å². The monoisotopic (exact) mass is 291 g/mol. The van der Waals surface area contributed by atoms with E-state index in [9.17, 15) is 14.7 Å². The zero-order valence-electron chi connectivity index (χ0n) is 12.2. The van der Waals surface area contributed by atoms with Crippen molar-refractivity contribution < 1.29 is 14.7 Å². The van der Waals surface area contributed by atoms with Crippen molar-refractivity contribution in [2.45, 2.75) is 38.1 Å². The minimum atomic E-state index is -1.05. The molecule has 2 N–H and O–H groups in total. The molecule has 1 aromatic rings. The molecule has 2 aliphatic carbocycles. The number of carbonyl (C=O) groups excluding carboxylic acids is 1. The van der Waals surface area contributed by atoms with Crippen LogP contribution in [-0.2, 0) is 16.6 Å². The number of nitrogens with one attached hydrogen (secondary N) is 1. The molecule has 4 unspecified atom stereocenters. The normalized spacial score (nSPS) is 28.5. The molecule has 0 saturated heterocycles. The molecule has 0 radical (unpaired) electrons. The first-order valence-electron chi connectivity index (χ1n) is 7.53. The molecule has 1 heterocycles. The van der Waals surface area contributed by atoms with Crippen molar-refractivity contribution in [2.24, 2.45) is 24.8 Å². The number of aliphatic carboxylic acids is 1. The molecular formula is C15H21N3O3. The summed E-state index contributed by atoms with van der Waals surface area (Å²) in [6.07, 6.45) is 8.47. The highest BCUT2D eigenvalue weighted by Crippen LogP contribution is 2.49. The molecule has 0 spiro atoms. The van der Waals surface area contributed by atoms with Gasteiger partial charge in [0.05, 0.1) is 6.20 Å². The number of carboxylic acid groups (broad SMARTS) is 1. The summed E-state index contributed by atoms with van der Waals surface area (Å²) in [4.78, 5) is 23.5. The molecule has 2 aliphatic rings. The standard InChI is InChI=1S/C15H21N3O3/c1-18-8-12(7-16-18)14(15(20)21)17-13(19)6-11-5-9-2-3-10(11)4-9/h7-11,14H,2-6H2,1H3,(H,17,19)(H,20,21). The Hall–Kier alpha value is -1.85. The Bertz CT molecular complexity index is 554. The molecule has 6 nitrogen and oxygen atoms in total.